The molecule has 3 aromatic carbocycles. The summed E-state index contributed by atoms with van der Waals surface area (Å²) in [7, 11) is 1.62. The maximum absolute atomic E-state index is 12.6. The number of hydrogen-bond donors (Lipinski definition) is 0. The maximum Gasteiger partial charge on any atom is 0.189 e. The first kappa shape index (κ1) is 18.5. The number of hydrogen-bond acceptors (Lipinski definition) is 3. The molecule has 1 aliphatic carbocycles. The molecule has 0 heterocycles. The molecule has 1 aliphatic rings. The van der Waals surface area contributed by atoms with Gasteiger partial charge in [0.05, 0.1) is 7.11 Å². The van der Waals surface area contributed by atoms with Crippen molar-refractivity contribution in [3.63, 3.8) is 0 Å². The van der Waals surface area contributed by atoms with E-state index in [2.05, 4.69) is 15.9 Å². The topological polar surface area (TPSA) is 35.5 Å². The summed E-state index contributed by atoms with van der Waals surface area (Å²) in [5.74, 6) is 1.42. The van der Waals surface area contributed by atoms with Gasteiger partial charge in [0.25, 0.3) is 0 Å². The molecule has 0 amide bonds. The minimum atomic E-state index is 0.102. The molecule has 28 heavy (non-hydrogen) atoms. The Morgan fingerprint density at radius 1 is 1.00 bits per heavy atom. The van der Waals surface area contributed by atoms with Gasteiger partial charge in [-0.05, 0) is 47.0 Å². The van der Waals surface area contributed by atoms with Gasteiger partial charge >= 0.3 is 0 Å². The van der Waals surface area contributed by atoms with Crippen molar-refractivity contribution in [3.05, 3.63) is 99.0 Å². The molecule has 3 aromatic rings. The number of methoxy groups -OCH3 is 1. The zero-order valence-electron chi connectivity index (χ0n) is 15.4. The Kier molecular flexibility index (Phi) is 5.31. The van der Waals surface area contributed by atoms with E-state index in [1.165, 1.54) is 0 Å². The third kappa shape index (κ3) is 3.87. The van der Waals surface area contributed by atoms with E-state index in [9.17, 15) is 4.79 Å². The fourth-order valence-electron chi connectivity index (χ4n) is 3.31. The van der Waals surface area contributed by atoms with Crippen LogP contribution in [0.2, 0.25) is 0 Å². The Bertz CT molecular complexity index is 1050. The fourth-order valence-corrected chi connectivity index (χ4v) is 3.57. The van der Waals surface area contributed by atoms with Crippen molar-refractivity contribution >= 4 is 27.8 Å². The molecule has 3 nitrogen and oxygen atoms in total. The van der Waals surface area contributed by atoms with E-state index < -0.39 is 0 Å². The van der Waals surface area contributed by atoms with Gasteiger partial charge in [-0.15, -0.1) is 0 Å². The molecular formula is C24H19BrO3. The van der Waals surface area contributed by atoms with Crippen molar-refractivity contribution in [2.24, 2.45) is 0 Å². The summed E-state index contributed by atoms with van der Waals surface area (Å²) < 4.78 is 12.5. The lowest BCUT2D eigenvalue weighted by Gasteiger charge is -2.12. The smallest absolute Gasteiger partial charge is 0.189 e. The molecule has 0 spiro atoms. The van der Waals surface area contributed by atoms with Crippen molar-refractivity contribution in [2.75, 3.05) is 7.11 Å². The van der Waals surface area contributed by atoms with E-state index in [4.69, 9.17) is 9.47 Å². The Morgan fingerprint density at radius 2 is 1.79 bits per heavy atom. The van der Waals surface area contributed by atoms with Crippen molar-refractivity contribution < 1.29 is 14.3 Å². The minimum absolute atomic E-state index is 0.102. The second kappa shape index (κ2) is 8.03. The SMILES string of the molecule is COc1cc(/C=C2\Cc3ccccc3C2=O)ccc1OCc1ccc(Br)cc1. The molecule has 0 fully saturated rings. The summed E-state index contributed by atoms with van der Waals surface area (Å²) in [4.78, 5) is 12.6. The summed E-state index contributed by atoms with van der Waals surface area (Å²) in [5.41, 5.74) is 4.68. The number of halogens is 1. The van der Waals surface area contributed by atoms with E-state index in [0.29, 0.717) is 24.5 Å². The summed E-state index contributed by atoms with van der Waals surface area (Å²) in [6.45, 7) is 0.456. The highest BCUT2D eigenvalue weighted by atomic mass is 79.9. The van der Waals surface area contributed by atoms with Crippen molar-refractivity contribution in [3.8, 4) is 11.5 Å². The number of allylic oxidation sites excluding steroid dienone is 1. The minimum Gasteiger partial charge on any atom is -0.493 e. The number of benzene rings is 3. The van der Waals surface area contributed by atoms with Crippen LogP contribution in [0, 0.1) is 0 Å². The normalized spacial score (nSPS) is 14.2. The Hall–Kier alpha value is -2.85. The maximum atomic E-state index is 12.6. The number of ketones is 1. The van der Waals surface area contributed by atoms with E-state index in [-0.39, 0.29) is 5.78 Å². The number of ether oxygens (including phenoxy) is 2. The highest BCUT2D eigenvalue weighted by Gasteiger charge is 2.24. The van der Waals surface area contributed by atoms with E-state index >= 15 is 0 Å². The Morgan fingerprint density at radius 3 is 2.54 bits per heavy atom. The molecule has 0 aromatic heterocycles. The zero-order chi connectivity index (χ0) is 19.5. The van der Waals surface area contributed by atoms with Crippen LogP contribution in [0.15, 0.2) is 76.8 Å². The average molecular weight is 435 g/mol. The predicted molar refractivity (Wildman–Crippen MR) is 114 cm³/mol. The molecule has 0 saturated carbocycles. The van der Waals surface area contributed by atoms with Gasteiger partial charge < -0.3 is 9.47 Å². The first-order chi connectivity index (χ1) is 13.6. The molecule has 4 heteroatoms. The number of Topliss-reactive ketones (excluding diaryl/α,β-unsaturated/α-hetero) is 1. The van der Waals surface area contributed by atoms with Gasteiger partial charge in [-0.3, -0.25) is 4.79 Å². The molecule has 140 valence electrons. The van der Waals surface area contributed by atoms with E-state index in [1.807, 2.05) is 72.8 Å². The predicted octanol–water partition coefficient (Wildman–Crippen LogP) is 5.86. The van der Waals surface area contributed by atoms with Crippen LogP contribution in [0.1, 0.15) is 27.0 Å². The monoisotopic (exact) mass is 434 g/mol. The molecule has 0 unspecified atom stereocenters. The van der Waals surface area contributed by atoms with E-state index in [1.54, 1.807) is 7.11 Å². The van der Waals surface area contributed by atoms with E-state index in [0.717, 1.165) is 32.3 Å². The third-order valence-electron chi connectivity index (χ3n) is 4.77. The molecular weight excluding hydrogens is 416 g/mol. The van der Waals surface area contributed by atoms with Gasteiger partial charge in [-0.2, -0.15) is 0 Å². The average Bonchev–Trinajstić information content (AvgIpc) is 3.04. The zero-order valence-corrected chi connectivity index (χ0v) is 17.0. The lowest BCUT2D eigenvalue weighted by Crippen LogP contribution is -1.98. The second-order valence-electron chi connectivity index (χ2n) is 6.66. The number of carbonyl (C=O) groups is 1. The van der Waals surface area contributed by atoms with Crippen LogP contribution in [0.5, 0.6) is 11.5 Å². The summed E-state index contributed by atoms with van der Waals surface area (Å²) in [6.07, 6.45) is 2.60. The van der Waals surface area contributed by atoms with Gasteiger partial charge in [0.15, 0.2) is 17.3 Å². The van der Waals surface area contributed by atoms with Crippen LogP contribution in [0.4, 0.5) is 0 Å². The van der Waals surface area contributed by atoms with Gasteiger partial charge in [0.2, 0.25) is 0 Å². The largest absolute Gasteiger partial charge is 0.493 e. The van der Waals surface area contributed by atoms with Gasteiger partial charge in [0.1, 0.15) is 6.61 Å². The van der Waals surface area contributed by atoms with Crippen molar-refractivity contribution in [1.29, 1.82) is 0 Å². The Balaban J connectivity index is 1.52. The number of carbonyl (C=O) groups excluding carboxylic acids is 1. The molecule has 4 rings (SSSR count). The Labute approximate surface area is 172 Å². The van der Waals surface area contributed by atoms with Crippen LogP contribution in [0.25, 0.3) is 6.08 Å². The van der Waals surface area contributed by atoms with Gasteiger partial charge in [-0.1, -0.05) is 58.4 Å². The van der Waals surface area contributed by atoms with Crippen LogP contribution in [-0.2, 0) is 13.0 Å². The highest BCUT2D eigenvalue weighted by Crippen LogP contribution is 2.32. The first-order valence-corrected chi connectivity index (χ1v) is 9.82. The second-order valence-corrected chi connectivity index (χ2v) is 7.57. The first-order valence-electron chi connectivity index (χ1n) is 9.02. The molecule has 0 radical (unpaired) electrons. The molecule has 0 bridgehead atoms. The van der Waals surface area contributed by atoms with Crippen molar-refractivity contribution in [1.82, 2.24) is 0 Å². The summed E-state index contributed by atoms with van der Waals surface area (Å²) in [6, 6.07) is 21.5. The van der Waals surface area contributed by atoms with Crippen LogP contribution in [-0.4, -0.2) is 12.9 Å². The molecule has 0 aliphatic heterocycles. The number of rotatable bonds is 5. The van der Waals surface area contributed by atoms with Gasteiger partial charge in [-0.25, -0.2) is 0 Å². The van der Waals surface area contributed by atoms with Gasteiger partial charge in [0, 0.05) is 22.0 Å². The lowest BCUT2D eigenvalue weighted by atomic mass is 10.1. The molecule has 0 N–H and O–H groups in total. The van der Waals surface area contributed by atoms with Crippen LogP contribution < -0.4 is 9.47 Å². The fraction of sp³-hybridized carbons (Fsp3) is 0.125. The molecule has 0 saturated heterocycles. The number of fused-ring (bicyclic) bond motifs is 1. The summed E-state index contributed by atoms with van der Waals surface area (Å²) in [5, 5.41) is 0. The summed E-state index contributed by atoms with van der Waals surface area (Å²) >= 11 is 3.43. The van der Waals surface area contributed by atoms with Crippen LogP contribution in [0.3, 0.4) is 0 Å². The lowest BCUT2D eigenvalue weighted by molar-refractivity contribution is 0.104. The third-order valence-corrected chi connectivity index (χ3v) is 5.30. The standard InChI is InChI=1S/C24H19BrO3/c1-27-23-13-17(12-19-14-18-4-2-3-5-21(18)24(19)26)8-11-22(23)28-15-16-6-9-20(25)10-7-16/h2-13H,14-15H2,1H3/b19-12+. The quantitative estimate of drug-likeness (QED) is 0.471. The highest BCUT2D eigenvalue weighted by molar-refractivity contribution is 9.10. The van der Waals surface area contributed by atoms with Crippen LogP contribution >= 0.6 is 15.9 Å². The van der Waals surface area contributed by atoms with Crippen molar-refractivity contribution in [2.45, 2.75) is 13.0 Å². The molecule has 0 atom stereocenters.